The number of oxime groups is 1. The van der Waals surface area contributed by atoms with Gasteiger partial charge in [0.2, 0.25) is 0 Å². The van der Waals surface area contributed by atoms with Crippen LogP contribution < -0.4 is 11.1 Å². The molecule has 0 aliphatic rings. The smallest absolute Gasteiger partial charge is 0.188 e. The summed E-state index contributed by atoms with van der Waals surface area (Å²) in [7, 11) is 0. The lowest BCUT2D eigenvalue weighted by atomic mass is 10.2. The van der Waals surface area contributed by atoms with Crippen molar-refractivity contribution in [1.29, 1.82) is 0 Å². The predicted molar refractivity (Wildman–Crippen MR) is 58.7 cm³/mol. The van der Waals surface area contributed by atoms with Gasteiger partial charge in [-0.1, -0.05) is 12.1 Å². The maximum absolute atomic E-state index is 8.50. The zero-order chi connectivity index (χ0) is 11.1. The van der Waals surface area contributed by atoms with Gasteiger partial charge in [-0.15, -0.1) is 0 Å². The summed E-state index contributed by atoms with van der Waals surface area (Å²) in [5, 5.41) is 14.7. The molecule has 0 radical (unpaired) electrons. The van der Waals surface area contributed by atoms with E-state index in [4.69, 9.17) is 10.9 Å². The number of aromatic nitrogens is 1. The van der Waals surface area contributed by atoms with Gasteiger partial charge in [-0.3, -0.25) is 4.98 Å². The number of amidine groups is 1. The summed E-state index contributed by atoms with van der Waals surface area (Å²) in [4.78, 5) is 3.99. The van der Waals surface area contributed by atoms with Crippen molar-refractivity contribution >= 4 is 5.84 Å². The zero-order valence-electron chi connectivity index (χ0n) is 8.77. The molecule has 0 fully saturated rings. The largest absolute Gasteiger partial charge is 0.409 e. The van der Waals surface area contributed by atoms with E-state index in [2.05, 4.69) is 22.4 Å². The Morgan fingerprint density at radius 2 is 2.47 bits per heavy atom. The number of hydrogen-bond acceptors (Lipinski definition) is 4. The first-order chi connectivity index (χ1) is 7.27. The maximum atomic E-state index is 8.50. The molecule has 0 aromatic carbocycles. The minimum Gasteiger partial charge on any atom is -0.409 e. The molecule has 0 saturated heterocycles. The minimum atomic E-state index is 0.0346. The molecule has 0 unspecified atom stereocenters. The summed E-state index contributed by atoms with van der Waals surface area (Å²) in [5.41, 5.74) is 7.00. The molecule has 5 heteroatoms. The lowest BCUT2D eigenvalue weighted by Gasteiger charge is -2.04. The number of pyridine rings is 1. The van der Waals surface area contributed by atoms with Crippen LogP contribution in [0.1, 0.15) is 24.6 Å². The molecular formula is C10H16N4O. The van der Waals surface area contributed by atoms with E-state index >= 15 is 0 Å². The molecule has 1 rings (SSSR count). The molecule has 0 bridgehead atoms. The van der Waals surface area contributed by atoms with Crippen molar-refractivity contribution in [3.63, 3.8) is 0 Å². The molecule has 0 atom stereocenters. The summed E-state index contributed by atoms with van der Waals surface area (Å²) in [6.45, 7) is 3.85. The Hall–Kier alpha value is -1.62. The number of nitrogens with one attached hydrogen (secondary N) is 1. The van der Waals surface area contributed by atoms with Crippen LogP contribution in [0.25, 0.3) is 0 Å². The topological polar surface area (TPSA) is 83.5 Å². The Bertz CT molecular complexity index is 338. The first kappa shape index (κ1) is 11.5. The van der Waals surface area contributed by atoms with Gasteiger partial charge in [-0.25, -0.2) is 0 Å². The fourth-order valence-corrected chi connectivity index (χ4v) is 1.19. The van der Waals surface area contributed by atoms with Crippen molar-refractivity contribution in [1.82, 2.24) is 10.3 Å². The second kappa shape index (κ2) is 5.98. The molecule has 0 aliphatic heterocycles. The highest BCUT2D eigenvalue weighted by Crippen LogP contribution is 2.01. The van der Waals surface area contributed by atoms with Gasteiger partial charge in [0.05, 0.1) is 0 Å². The maximum Gasteiger partial charge on any atom is 0.188 e. The van der Waals surface area contributed by atoms with Gasteiger partial charge in [-0.05, 0) is 30.7 Å². The van der Waals surface area contributed by atoms with Crippen LogP contribution in [0.15, 0.2) is 23.5 Å². The van der Waals surface area contributed by atoms with Gasteiger partial charge >= 0.3 is 0 Å². The molecule has 1 aromatic rings. The Morgan fingerprint density at radius 3 is 3.13 bits per heavy atom. The third-order valence-corrected chi connectivity index (χ3v) is 1.95. The average Bonchev–Trinajstić information content (AvgIpc) is 2.29. The van der Waals surface area contributed by atoms with E-state index in [1.54, 1.807) is 12.3 Å². The number of nitrogens with zero attached hydrogens (tertiary/aromatic N) is 2. The Morgan fingerprint density at radius 1 is 1.67 bits per heavy atom. The average molecular weight is 208 g/mol. The lowest BCUT2D eigenvalue weighted by Crippen LogP contribution is -2.17. The van der Waals surface area contributed by atoms with Crippen LogP contribution in [-0.4, -0.2) is 22.6 Å². The standard InChI is InChI=1S/C10H16N4O/c1-2-4-12-7-8-3-5-13-9(6-8)10(11)14-15/h3,5-6,12,15H,2,4,7H2,1H3,(H2,11,14). The van der Waals surface area contributed by atoms with E-state index < -0.39 is 0 Å². The van der Waals surface area contributed by atoms with Crippen molar-refractivity contribution in [2.75, 3.05) is 6.54 Å². The second-order valence-corrected chi connectivity index (χ2v) is 3.21. The van der Waals surface area contributed by atoms with E-state index in [9.17, 15) is 0 Å². The van der Waals surface area contributed by atoms with Crippen molar-refractivity contribution in [3.8, 4) is 0 Å². The molecule has 15 heavy (non-hydrogen) atoms. The van der Waals surface area contributed by atoms with Crippen LogP contribution in [-0.2, 0) is 6.54 Å². The van der Waals surface area contributed by atoms with E-state index in [0.717, 1.165) is 25.1 Å². The molecule has 0 amide bonds. The van der Waals surface area contributed by atoms with Gasteiger partial charge in [0.25, 0.3) is 0 Å². The molecule has 1 aromatic heterocycles. The Labute approximate surface area is 89.0 Å². The van der Waals surface area contributed by atoms with Gasteiger partial charge < -0.3 is 16.3 Å². The molecule has 0 saturated carbocycles. The van der Waals surface area contributed by atoms with Crippen LogP contribution >= 0.6 is 0 Å². The van der Waals surface area contributed by atoms with Crippen molar-refractivity contribution in [2.24, 2.45) is 10.9 Å². The highest BCUT2D eigenvalue weighted by Gasteiger charge is 2.01. The van der Waals surface area contributed by atoms with Crippen LogP contribution in [0.5, 0.6) is 0 Å². The van der Waals surface area contributed by atoms with Gasteiger partial charge in [0, 0.05) is 12.7 Å². The van der Waals surface area contributed by atoms with E-state index in [1.807, 2.05) is 6.07 Å². The van der Waals surface area contributed by atoms with Crippen molar-refractivity contribution in [2.45, 2.75) is 19.9 Å². The SMILES string of the molecule is CCCNCc1ccnc(C(N)=NO)c1. The monoisotopic (exact) mass is 208 g/mol. The molecule has 0 aliphatic carbocycles. The van der Waals surface area contributed by atoms with Crippen molar-refractivity contribution in [3.05, 3.63) is 29.6 Å². The van der Waals surface area contributed by atoms with E-state index in [-0.39, 0.29) is 5.84 Å². The fraction of sp³-hybridized carbons (Fsp3) is 0.400. The quantitative estimate of drug-likeness (QED) is 0.218. The third kappa shape index (κ3) is 3.55. The van der Waals surface area contributed by atoms with Crippen LogP contribution in [0, 0.1) is 0 Å². The number of nitrogens with two attached hydrogens (primary N) is 1. The number of hydrogen-bond donors (Lipinski definition) is 3. The van der Waals surface area contributed by atoms with Gasteiger partial charge in [0.1, 0.15) is 5.69 Å². The molecule has 0 spiro atoms. The highest BCUT2D eigenvalue weighted by molar-refractivity contribution is 5.95. The van der Waals surface area contributed by atoms with Crippen LogP contribution in [0.4, 0.5) is 0 Å². The summed E-state index contributed by atoms with van der Waals surface area (Å²) >= 11 is 0. The zero-order valence-corrected chi connectivity index (χ0v) is 8.77. The van der Waals surface area contributed by atoms with E-state index in [1.165, 1.54) is 0 Å². The minimum absolute atomic E-state index is 0.0346. The molecular weight excluding hydrogens is 192 g/mol. The summed E-state index contributed by atoms with van der Waals surface area (Å²) in [6.07, 6.45) is 2.74. The summed E-state index contributed by atoms with van der Waals surface area (Å²) < 4.78 is 0. The predicted octanol–water partition coefficient (Wildman–Crippen LogP) is 0.676. The molecule has 1 heterocycles. The van der Waals surface area contributed by atoms with Gasteiger partial charge in [-0.2, -0.15) is 0 Å². The third-order valence-electron chi connectivity index (χ3n) is 1.95. The van der Waals surface area contributed by atoms with Crippen LogP contribution in [0.3, 0.4) is 0 Å². The highest BCUT2D eigenvalue weighted by atomic mass is 16.4. The first-order valence-electron chi connectivity index (χ1n) is 4.91. The number of rotatable bonds is 5. The normalized spacial score (nSPS) is 11.7. The Kier molecular flexibility index (Phi) is 4.56. The molecule has 4 N–H and O–H groups in total. The van der Waals surface area contributed by atoms with Crippen molar-refractivity contribution < 1.29 is 5.21 Å². The van der Waals surface area contributed by atoms with E-state index in [0.29, 0.717) is 5.69 Å². The summed E-state index contributed by atoms with van der Waals surface area (Å²) in [6, 6.07) is 3.70. The summed E-state index contributed by atoms with van der Waals surface area (Å²) in [5.74, 6) is 0.0346. The fourth-order valence-electron chi connectivity index (χ4n) is 1.19. The second-order valence-electron chi connectivity index (χ2n) is 3.21. The molecule has 82 valence electrons. The lowest BCUT2D eigenvalue weighted by molar-refractivity contribution is 0.318. The Balaban J connectivity index is 2.66. The molecule has 5 nitrogen and oxygen atoms in total. The first-order valence-corrected chi connectivity index (χ1v) is 4.91. The van der Waals surface area contributed by atoms with Crippen LogP contribution in [0.2, 0.25) is 0 Å². The van der Waals surface area contributed by atoms with Gasteiger partial charge in [0.15, 0.2) is 5.84 Å².